The molecule has 0 spiro atoms. The smallest absolute Gasteiger partial charge is 0.339 e. The second-order valence-electron chi connectivity index (χ2n) is 7.61. The van der Waals surface area contributed by atoms with Gasteiger partial charge in [-0.25, -0.2) is 13.4 Å². The molecule has 0 atom stereocenters. The number of halogens is 3. The first-order valence-corrected chi connectivity index (χ1v) is 11.4. The van der Waals surface area contributed by atoms with E-state index in [1.165, 1.54) is 33.5 Å². The van der Waals surface area contributed by atoms with Gasteiger partial charge in [-0.1, -0.05) is 29.8 Å². The van der Waals surface area contributed by atoms with E-state index >= 15 is 0 Å². The van der Waals surface area contributed by atoms with Crippen LogP contribution in [-0.2, 0) is 27.5 Å². The molecule has 1 aliphatic rings. The standard InChI is InChI=1S/C21H21F3N4O3S/c1-15-6-8-16(9-7-15)32(30,31)27-12-10-26(11-13-27)19(29)14-28-18-5-3-2-4-17(18)25-20(28)21(22,23)24/h2-9H,10-14H2,1H3. The van der Waals surface area contributed by atoms with Crippen molar-refractivity contribution in [1.29, 1.82) is 0 Å². The third-order valence-corrected chi connectivity index (χ3v) is 7.36. The van der Waals surface area contributed by atoms with Crippen molar-refractivity contribution in [1.82, 2.24) is 18.8 Å². The zero-order valence-electron chi connectivity index (χ0n) is 17.2. The van der Waals surface area contributed by atoms with Crippen LogP contribution in [0.2, 0.25) is 0 Å². The van der Waals surface area contributed by atoms with Crippen LogP contribution in [0.4, 0.5) is 13.2 Å². The van der Waals surface area contributed by atoms with Gasteiger partial charge in [-0.15, -0.1) is 0 Å². The van der Waals surface area contributed by atoms with Gasteiger partial charge in [0.15, 0.2) is 0 Å². The van der Waals surface area contributed by atoms with E-state index in [0.717, 1.165) is 10.1 Å². The molecule has 11 heteroatoms. The average Bonchev–Trinajstić information content (AvgIpc) is 3.13. The highest BCUT2D eigenvalue weighted by atomic mass is 32.2. The molecular weight excluding hydrogens is 445 g/mol. The van der Waals surface area contributed by atoms with Gasteiger partial charge in [0.2, 0.25) is 21.8 Å². The SMILES string of the molecule is Cc1ccc(S(=O)(=O)N2CCN(C(=O)Cn3c(C(F)(F)F)nc4ccccc43)CC2)cc1. The molecule has 1 aliphatic heterocycles. The highest BCUT2D eigenvalue weighted by Crippen LogP contribution is 2.31. The van der Waals surface area contributed by atoms with Gasteiger partial charge >= 0.3 is 6.18 Å². The molecule has 32 heavy (non-hydrogen) atoms. The number of imidazole rings is 1. The Bertz CT molecular complexity index is 1250. The van der Waals surface area contributed by atoms with Crippen molar-refractivity contribution in [2.24, 2.45) is 0 Å². The Morgan fingerprint density at radius 3 is 2.25 bits per heavy atom. The number of aromatic nitrogens is 2. The summed E-state index contributed by atoms with van der Waals surface area (Å²) in [6.45, 7) is 1.65. The number of hydrogen-bond donors (Lipinski definition) is 0. The minimum atomic E-state index is -4.71. The Labute approximate surface area is 183 Å². The first-order valence-electron chi connectivity index (χ1n) is 9.94. The van der Waals surface area contributed by atoms with Crippen LogP contribution in [-0.4, -0.2) is 59.3 Å². The van der Waals surface area contributed by atoms with Crippen LogP contribution in [0.5, 0.6) is 0 Å². The van der Waals surface area contributed by atoms with Crippen LogP contribution in [0.3, 0.4) is 0 Å². The lowest BCUT2D eigenvalue weighted by molar-refractivity contribution is -0.148. The monoisotopic (exact) mass is 466 g/mol. The van der Waals surface area contributed by atoms with Gasteiger partial charge in [0.1, 0.15) is 6.54 Å². The molecule has 0 saturated carbocycles. The summed E-state index contributed by atoms with van der Waals surface area (Å²) >= 11 is 0. The number of sulfonamides is 1. The van der Waals surface area contributed by atoms with E-state index in [1.807, 2.05) is 6.92 Å². The lowest BCUT2D eigenvalue weighted by Crippen LogP contribution is -2.51. The molecule has 0 aliphatic carbocycles. The average molecular weight is 466 g/mol. The van der Waals surface area contributed by atoms with Crippen LogP contribution < -0.4 is 0 Å². The Morgan fingerprint density at radius 1 is 1.00 bits per heavy atom. The highest BCUT2D eigenvalue weighted by Gasteiger charge is 2.38. The number of para-hydroxylation sites is 2. The van der Waals surface area contributed by atoms with Gasteiger partial charge in [0.05, 0.1) is 15.9 Å². The fraction of sp³-hybridized carbons (Fsp3) is 0.333. The summed E-state index contributed by atoms with van der Waals surface area (Å²) in [6.07, 6.45) is -4.71. The summed E-state index contributed by atoms with van der Waals surface area (Å²) < 4.78 is 68.2. The van der Waals surface area contributed by atoms with Crippen LogP contribution in [0, 0.1) is 6.92 Å². The third kappa shape index (κ3) is 4.22. The Morgan fingerprint density at radius 2 is 1.62 bits per heavy atom. The maximum Gasteiger partial charge on any atom is 0.449 e. The molecule has 1 aromatic heterocycles. The molecule has 2 aromatic carbocycles. The van der Waals surface area contributed by atoms with Gasteiger partial charge in [0.25, 0.3) is 0 Å². The largest absolute Gasteiger partial charge is 0.449 e. The molecule has 3 aromatic rings. The zero-order valence-corrected chi connectivity index (χ0v) is 18.0. The second kappa shape index (κ2) is 8.21. The molecule has 1 saturated heterocycles. The van der Waals surface area contributed by atoms with E-state index in [-0.39, 0.29) is 42.1 Å². The lowest BCUT2D eigenvalue weighted by Gasteiger charge is -2.34. The summed E-state index contributed by atoms with van der Waals surface area (Å²) in [4.78, 5) is 18.0. The summed E-state index contributed by atoms with van der Waals surface area (Å²) in [5.41, 5.74) is 1.31. The summed E-state index contributed by atoms with van der Waals surface area (Å²) in [7, 11) is -3.70. The number of benzene rings is 2. The Balaban J connectivity index is 1.49. The van der Waals surface area contributed by atoms with Crippen molar-refractivity contribution in [3.8, 4) is 0 Å². The number of fused-ring (bicyclic) bond motifs is 1. The van der Waals surface area contributed by atoms with Gasteiger partial charge in [-0.2, -0.15) is 17.5 Å². The highest BCUT2D eigenvalue weighted by molar-refractivity contribution is 7.89. The van der Waals surface area contributed by atoms with E-state index in [4.69, 9.17) is 0 Å². The summed E-state index contributed by atoms with van der Waals surface area (Å²) in [5, 5.41) is 0. The molecule has 0 bridgehead atoms. The van der Waals surface area contributed by atoms with Crippen LogP contribution >= 0.6 is 0 Å². The Kier molecular flexibility index (Phi) is 5.72. The minimum absolute atomic E-state index is 0.0682. The number of carbonyl (C=O) groups is 1. The van der Waals surface area contributed by atoms with E-state index in [2.05, 4.69) is 4.98 Å². The summed E-state index contributed by atoms with van der Waals surface area (Å²) in [6, 6.07) is 12.6. The van der Waals surface area contributed by atoms with Gasteiger partial charge in [-0.05, 0) is 31.2 Å². The van der Waals surface area contributed by atoms with Crippen molar-refractivity contribution < 1.29 is 26.4 Å². The van der Waals surface area contributed by atoms with Gasteiger partial charge in [-0.3, -0.25) is 4.79 Å². The number of alkyl halides is 3. The van der Waals surface area contributed by atoms with E-state index in [9.17, 15) is 26.4 Å². The van der Waals surface area contributed by atoms with Crippen LogP contribution in [0.1, 0.15) is 11.4 Å². The second-order valence-corrected chi connectivity index (χ2v) is 9.54. The van der Waals surface area contributed by atoms with Crippen LogP contribution in [0.25, 0.3) is 11.0 Å². The molecule has 170 valence electrons. The lowest BCUT2D eigenvalue weighted by atomic mass is 10.2. The van der Waals surface area contributed by atoms with Crippen molar-refractivity contribution in [3.05, 3.63) is 59.9 Å². The van der Waals surface area contributed by atoms with Crippen molar-refractivity contribution >= 4 is 27.0 Å². The number of nitrogens with zero attached hydrogens (tertiary/aromatic N) is 4. The molecule has 0 radical (unpaired) electrons. The minimum Gasteiger partial charge on any atom is -0.339 e. The Hall–Kier alpha value is -2.92. The van der Waals surface area contributed by atoms with Gasteiger partial charge < -0.3 is 9.47 Å². The zero-order chi connectivity index (χ0) is 23.1. The molecule has 0 unspecified atom stereocenters. The van der Waals surface area contributed by atoms with E-state index in [1.54, 1.807) is 24.3 Å². The van der Waals surface area contributed by atoms with Crippen molar-refractivity contribution in [3.63, 3.8) is 0 Å². The molecule has 4 rings (SSSR count). The molecule has 2 heterocycles. The fourth-order valence-corrected chi connectivity index (χ4v) is 5.15. The fourth-order valence-electron chi connectivity index (χ4n) is 3.72. The predicted octanol–water partition coefficient (Wildman–Crippen LogP) is 2.90. The normalized spacial score (nSPS) is 15.9. The quantitative estimate of drug-likeness (QED) is 0.593. The van der Waals surface area contributed by atoms with E-state index < -0.39 is 34.5 Å². The van der Waals surface area contributed by atoms with Crippen LogP contribution in [0.15, 0.2) is 53.4 Å². The predicted molar refractivity (Wildman–Crippen MR) is 111 cm³/mol. The number of amides is 1. The first-order chi connectivity index (χ1) is 15.1. The van der Waals surface area contributed by atoms with Crippen molar-refractivity contribution in [2.75, 3.05) is 26.2 Å². The number of carbonyl (C=O) groups excluding carboxylic acids is 1. The molecular formula is C21H21F3N4O3S. The summed E-state index contributed by atoms with van der Waals surface area (Å²) in [5.74, 6) is -1.65. The molecule has 7 nitrogen and oxygen atoms in total. The first kappa shape index (κ1) is 22.3. The number of rotatable bonds is 4. The van der Waals surface area contributed by atoms with E-state index in [0.29, 0.717) is 0 Å². The number of hydrogen-bond acceptors (Lipinski definition) is 4. The number of piperazine rings is 1. The number of aryl methyl sites for hydroxylation is 1. The molecule has 1 amide bonds. The molecule has 1 fully saturated rings. The maximum atomic E-state index is 13.5. The molecule has 0 N–H and O–H groups in total. The van der Waals surface area contributed by atoms with Crippen molar-refractivity contribution in [2.45, 2.75) is 24.5 Å². The third-order valence-electron chi connectivity index (χ3n) is 5.45. The maximum absolute atomic E-state index is 13.5. The topological polar surface area (TPSA) is 75.5 Å². The van der Waals surface area contributed by atoms with Gasteiger partial charge in [0, 0.05) is 26.2 Å².